The molecular formula is C24H26ClFN6O4. The Morgan fingerprint density at radius 2 is 2.00 bits per heavy atom. The van der Waals surface area contributed by atoms with E-state index >= 15 is 0 Å². The van der Waals surface area contributed by atoms with Crippen molar-refractivity contribution in [1.82, 2.24) is 24.4 Å². The van der Waals surface area contributed by atoms with Crippen LogP contribution in [-0.4, -0.2) is 81.3 Å². The van der Waals surface area contributed by atoms with Crippen molar-refractivity contribution >= 4 is 35.1 Å². The number of fused-ring (bicyclic) bond motifs is 4. The van der Waals surface area contributed by atoms with Crippen LogP contribution in [-0.2, 0) is 0 Å². The molecule has 5 rings (SSSR count). The SMILES string of the molecule is CN1CCN(C(=O)O)CCOc2ccc(F)cc2C(=O)N2CCCC[C@H]2c2cc3nc(Cl)cc1n3n2. The number of piperidine rings is 1. The zero-order chi connectivity index (χ0) is 25.4. The summed E-state index contributed by atoms with van der Waals surface area (Å²) >= 11 is 6.31. The summed E-state index contributed by atoms with van der Waals surface area (Å²) in [5.41, 5.74) is 1.28. The number of carbonyl (C=O) groups excluding carboxylic acids is 1. The van der Waals surface area contributed by atoms with E-state index < -0.39 is 11.9 Å². The highest BCUT2D eigenvalue weighted by molar-refractivity contribution is 6.29. The monoisotopic (exact) mass is 516 g/mol. The number of benzene rings is 1. The minimum atomic E-state index is -1.10. The molecule has 0 spiro atoms. The van der Waals surface area contributed by atoms with Gasteiger partial charge in [-0.1, -0.05) is 11.6 Å². The summed E-state index contributed by atoms with van der Waals surface area (Å²) in [5.74, 6) is -0.0612. The summed E-state index contributed by atoms with van der Waals surface area (Å²) in [4.78, 5) is 34.7. The van der Waals surface area contributed by atoms with Crippen LogP contribution in [0.25, 0.3) is 5.65 Å². The molecule has 2 aliphatic rings. The van der Waals surface area contributed by atoms with Crippen LogP contribution in [0, 0.1) is 5.82 Å². The summed E-state index contributed by atoms with van der Waals surface area (Å²) in [6, 6.07) is 6.96. The number of hydrogen-bond acceptors (Lipinski definition) is 6. The molecule has 36 heavy (non-hydrogen) atoms. The molecule has 10 nitrogen and oxygen atoms in total. The lowest BCUT2D eigenvalue weighted by atomic mass is 9.98. The van der Waals surface area contributed by atoms with Crippen molar-refractivity contribution in [2.75, 3.05) is 44.7 Å². The smallest absolute Gasteiger partial charge is 0.407 e. The number of likely N-dealkylation sites (N-methyl/N-ethyl adjacent to an activating group) is 1. The first kappa shape index (κ1) is 24.1. The third-order valence-corrected chi connectivity index (χ3v) is 6.85. The van der Waals surface area contributed by atoms with Crippen LogP contribution in [0.4, 0.5) is 15.0 Å². The van der Waals surface area contributed by atoms with Gasteiger partial charge in [0.1, 0.15) is 29.1 Å². The van der Waals surface area contributed by atoms with Gasteiger partial charge in [0.25, 0.3) is 5.91 Å². The molecule has 0 unspecified atom stereocenters. The number of amides is 2. The van der Waals surface area contributed by atoms with Gasteiger partial charge in [-0.15, -0.1) is 0 Å². The Labute approximate surface area is 211 Å². The van der Waals surface area contributed by atoms with Gasteiger partial charge in [-0.25, -0.2) is 14.2 Å². The maximum atomic E-state index is 14.2. The molecule has 0 saturated carbocycles. The van der Waals surface area contributed by atoms with E-state index in [1.54, 1.807) is 15.5 Å². The third kappa shape index (κ3) is 4.62. The van der Waals surface area contributed by atoms with Crippen LogP contribution in [0.3, 0.4) is 0 Å². The fourth-order valence-corrected chi connectivity index (χ4v) is 4.95. The average Bonchev–Trinajstić information content (AvgIpc) is 3.28. The summed E-state index contributed by atoms with van der Waals surface area (Å²) in [7, 11) is 1.83. The number of carboxylic acid groups (broad SMARTS) is 1. The minimum Gasteiger partial charge on any atom is -0.491 e. The molecule has 1 atom stereocenters. The molecule has 0 radical (unpaired) electrons. The average molecular weight is 517 g/mol. The molecule has 2 bridgehead atoms. The third-order valence-electron chi connectivity index (χ3n) is 6.66. The zero-order valence-electron chi connectivity index (χ0n) is 19.7. The number of hydrogen-bond donors (Lipinski definition) is 1. The van der Waals surface area contributed by atoms with E-state index in [9.17, 15) is 19.1 Å². The molecule has 1 N–H and O–H groups in total. The first-order valence-corrected chi connectivity index (χ1v) is 12.2. The molecule has 190 valence electrons. The second-order valence-corrected chi connectivity index (χ2v) is 9.35. The topological polar surface area (TPSA) is 104 Å². The minimum absolute atomic E-state index is 0.0110. The van der Waals surface area contributed by atoms with E-state index in [2.05, 4.69) is 4.98 Å². The summed E-state index contributed by atoms with van der Waals surface area (Å²) < 4.78 is 21.7. The Morgan fingerprint density at radius 1 is 1.17 bits per heavy atom. The second-order valence-electron chi connectivity index (χ2n) is 8.97. The fraction of sp³-hybridized carbons (Fsp3) is 0.417. The standard InChI is InChI=1S/C24H26ClFN6O4/c1-29-8-9-30(24(34)35)10-11-36-19-6-5-15(26)12-16(19)23(33)31-7-3-2-4-18(31)17-13-21-27-20(25)14-22(29)32(21)28-17/h5-6,12-14,18H,2-4,7-11H2,1H3,(H,34,35)/t18-/m0/s1. The van der Waals surface area contributed by atoms with Gasteiger partial charge in [0.2, 0.25) is 0 Å². The number of halogens is 2. The number of rotatable bonds is 0. The Morgan fingerprint density at radius 3 is 2.81 bits per heavy atom. The Hall–Kier alpha value is -3.60. The summed E-state index contributed by atoms with van der Waals surface area (Å²) in [5, 5.41) is 14.7. The normalized spacial score (nSPS) is 19.2. The van der Waals surface area contributed by atoms with Gasteiger partial charge in [-0.3, -0.25) is 4.79 Å². The Kier molecular flexibility index (Phi) is 6.57. The number of aromatic nitrogens is 3. The van der Waals surface area contributed by atoms with E-state index in [0.29, 0.717) is 36.7 Å². The van der Waals surface area contributed by atoms with Crippen LogP contribution < -0.4 is 9.64 Å². The predicted octanol–water partition coefficient (Wildman–Crippen LogP) is 3.70. The molecule has 1 aromatic carbocycles. The van der Waals surface area contributed by atoms with E-state index in [1.165, 1.54) is 23.1 Å². The lowest BCUT2D eigenvalue weighted by Gasteiger charge is -2.35. The summed E-state index contributed by atoms with van der Waals surface area (Å²) in [6.07, 6.45) is 1.33. The van der Waals surface area contributed by atoms with Crippen molar-refractivity contribution in [3.05, 3.63) is 52.6 Å². The molecule has 1 saturated heterocycles. The van der Waals surface area contributed by atoms with E-state index in [0.717, 1.165) is 12.8 Å². The van der Waals surface area contributed by atoms with Crippen LogP contribution in [0.5, 0.6) is 5.75 Å². The molecule has 1 fully saturated rings. The molecule has 12 heteroatoms. The van der Waals surface area contributed by atoms with Crippen LogP contribution in [0.2, 0.25) is 5.15 Å². The number of carbonyl (C=O) groups is 2. The molecular weight excluding hydrogens is 491 g/mol. The number of anilines is 1. The molecule has 3 aromatic rings. The van der Waals surface area contributed by atoms with Gasteiger partial charge in [0, 0.05) is 38.8 Å². The molecule has 2 aliphatic heterocycles. The molecule has 0 aliphatic carbocycles. The molecule has 2 amide bonds. The first-order valence-electron chi connectivity index (χ1n) is 11.8. The van der Waals surface area contributed by atoms with E-state index in [1.807, 2.05) is 18.0 Å². The van der Waals surface area contributed by atoms with Gasteiger partial charge in [0.15, 0.2) is 5.65 Å². The maximum absolute atomic E-state index is 14.2. The Balaban J connectivity index is 1.63. The van der Waals surface area contributed by atoms with Crippen molar-refractivity contribution < 1.29 is 23.8 Å². The molecule has 2 aromatic heterocycles. The predicted molar refractivity (Wildman–Crippen MR) is 130 cm³/mol. The van der Waals surface area contributed by atoms with Gasteiger partial charge < -0.3 is 24.5 Å². The van der Waals surface area contributed by atoms with Crippen molar-refractivity contribution in [2.24, 2.45) is 0 Å². The zero-order valence-corrected chi connectivity index (χ0v) is 20.5. The van der Waals surface area contributed by atoms with Crippen LogP contribution in [0.1, 0.15) is 41.4 Å². The lowest BCUT2D eigenvalue weighted by molar-refractivity contribution is 0.0599. The van der Waals surface area contributed by atoms with Crippen LogP contribution in [0.15, 0.2) is 30.3 Å². The number of ether oxygens (including phenoxy) is 1. The van der Waals surface area contributed by atoms with Crippen molar-refractivity contribution in [1.29, 1.82) is 0 Å². The maximum Gasteiger partial charge on any atom is 0.407 e. The Bertz CT molecular complexity index is 1320. The lowest BCUT2D eigenvalue weighted by Crippen LogP contribution is -2.40. The van der Waals surface area contributed by atoms with Gasteiger partial charge in [-0.2, -0.15) is 9.61 Å². The first-order chi connectivity index (χ1) is 17.3. The van der Waals surface area contributed by atoms with Crippen molar-refractivity contribution in [3.8, 4) is 5.75 Å². The largest absolute Gasteiger partial charge is 0.491 e. The highest BCUT2D eigenvalue weighted by Crippen LogP contribution is 2.34. The molecule has 4 heterocycles. The quantitative estimate of drug-likeness (QED) is 0.454. The second kappa shape index (κ2) is 9.81. The van der Waals surface area contributed by atoms with Gasteiger partial charge in [0.05, 0.1) is 23.8 Å². The number of nitrogens with zero attached hydrogens (tertiary/aromatic N) is 6. The van der Waals surface area contributed by atoms with Crippen molar-refractivity contribution in [2.45, 2.75) is 25.3 Å². The summed E-state index contributed by atoms with van der Waals surface area (Å²) in [6.45, 7) is 1.13. The van der Waals surface area contributed by atoms with Crippen LogP contribution >= 0.6 is 11.6 Å². The van der Waals surface area contributed by atoms with E-state index in [4.69, 9.17) is 21.4 Å². The van der Waals surface area contributed by atoms with Gasteiger partial charge in [-0.05, 0) is 37.5 Å². The van der Waals surface area contributed by atoms with E-state index in [-0.39, 0.29) is 48.1 Å². The fourth-order valence-electron chi connectivity index (χ4n) is 4.77. The highest BCUT2D eigenvalue weighted by atomic mass is 35.5. The highest BCUT2D eigenvalue weighted by Gasteiger charge is 2.33. The van der Waals surface area contributed by atoms with Gasteiger partial charge >= 0.3 is 6.09 Å². The van der Waals surface area contributed by atoms with Crippen molar-refractivity contribution in [3.63, 3.8) is 0 Å².